The predicted octanol–water partition coefficient (Wildman–Crippen LogP) is 4.11. The summed E-state index contributed by atoms with van der Waals surface area (Å²) in [6, 6.07) is 11.1. The molecule has 222 valence electrons. The minimum Gasteiger partial charge on any atom is -0.497 e. The number of methoxy groups -OCH3 is 1. The van der Waals surface area contributed by atoms with Gasteiger partial charge in [-0.1, -0.05) is 12.1 Å². The van der Waals surface area contributed by atoms with E-state index in [0.29, 0.717) is 56.0 Å². The SMILES string of the molecule is CNC(=O)c1cc(C(=O)NCCCC2CN(C(=O)OC(C)(C)C)CCO2)cc2c1O[C@H](C)[C@H]2c1cccc(OC)c1. The fourth-order valence-electron chi connectivity index (χ4n) is 5.26. The van der Waals surface area contributed by atoms with Gasteiger partial charge in [0.2, 0.25) is 0 Å². The molecule has 2 heterocycles. The van der Waals surface area contributed by atoms with Crippen molar-refractivity contribution in [3.05, 3.63) is 58.7 Å². The Labute approximate surface area is 241 Å². The third-order valence-electron chi connectivity index (χ3n) is 7.19. The fraction of sp³-hybridized carbons (Fsp3) is 0.516. The van der Waals surface area contributed by atoms with Gasteiger partial charge in [0.25, 0.3) is 11.8 Å². The number of hydrogen-bond donors (Lipinski definition) is 2. The lowest BCUT2D eigenvalue weighted by Gasteiger charge is -2.34. The number of morpholine rings is 1. The molecule has 3 atom stereocenters. The van der Waals surface area contributed by atoms with E-state index >= 15 is 0 Å². The molecule has 1 fully saturated rings. The van der Waals surface area contributed by atoms with Crippen LogP contribution in [0.25, 0.3) is 0 Å². The Morgan fingerprint density at radius 1 is 1.12 bits per heavy atom. The number of amides is 3. The zero-order chi connectivity index (χ0) is 29.7. The number of nitrogens with one attached hydrogen (secondary N) is 2. The third-order valence-corrected chi connectivity index (χ3v) is 7.19. The lowest BCUT2D eigenvalue weighted by Crippen LogP contribution is -2.47. The van der Waals surface area contributed by atoms with Crippen molar-refractivity contribution in [2.75, 3.05) is 40.4 Å². The lowest BCUT2D eigenvalue weighted by molar-refractivity contribution is -0.0449. The van der Waals surface area contributed by atoms with Gasteiger partial charge < -0.3 is 34.5 Å². The van der Waals surface area contributed by atoms with Crippen LogP contribution in [0.15, 0.2) is 36.4 Å². The molecule has 10 nitrogen and oxygen atoms in total. The van der Waals surface area contributed by atoms with E-state index in [-0.39, 0.29) is 36.0 Å². The van der Waals surface area contributed by atoms with Crippen LogP contribution in [0.1, 0.15) is 78.3 Å². The Morgan fingerprint density at radius 2 is 1.90 bits per heavy atom. The zero-order valence-corrected chi connectivity index (χ0v) is 24.7. The molecular weight excluding hydrogens is 526 g/mol. The molecule has 2 aromatic rings. The number of carbonyl (C=O) groups is 3. The summed E-state index contributed by atoms with van der Waals surface area (Å²) in [6.45, 7) is 9.30. The summed E-state index contributed by atoms with van der Waals surface area (Å²) >= 11 is 0. The maximum Gasteiger partial charge on any atom is 0.410 e. The molecule has 0 saturated carbocycles. The standard InChI is InChI=1S/C31H41N3O7/c1-19-26(20-9-7-10-22(15-20)38-6)24-16-21(17-25(27(24)40-19)29(36)32-5)28(35)33-12-8-11-23-18-34(13-14-39-23)30(37)41-31(2,3)4/h7,9-10,15-17,19,23,26H,8,11-14,18H2,1-6H3,(H,32,36)(H,33,35)/t19-,23?,26+/m1/s1. The highest BCUT2D eigenvalue weighted by Gasteiger charge is 2.37. The monoisotopic (exact) mass is 567 g/mol. The molecular formula is C31H41N3O7. The highest BCUT2D eigenvalue weighted by Crippen LogP contribution is 2.45. The molecule has 2 aromatic carbocycles. The Balaban J connectivity index is 1.43. The molecule has 1 unspecified atom stereocenters. The molecule has 0 spiro atoms. The van der Waals surface area contributed by atoms with E-state index in [1.54, 1.807) is 25.1 Å². The molecule has 4 rings (SSSR count). The van der Waals surface area contributed by atoms with Gasteiger partial charge in [-0.25, -0.2) is 4.79 Å². The van der Waals surface area contributed by atoms with Crippen molar-refractivity contribution in [3.63, 3.8) is 0 Å². The molecule has 41 heavy (non-hydrogen) atoms. The van der Waals surface area contributed by atoms with E-state index in [4.69, 9.17) is 18.9 Å². The first-order valence-electron chi connectivity index (χ1n) is 14.1. The van der Waals surface area contributed by atoms with E-state index in [9.17, 15) is 14.4 Å². The first kappa shape index (κ1) is 30.2. The summed E-state index contributed by atoms with van der Waals surface area (Å²) in [5.41, 5.74) is 1.92. The Morgan fingerprint density at radius 3 is 2.61 bits per heavy atom. The van der Waals surface area contributed by atoms with E-state index in [1.165, 1.54) is 0 Å². The number of nitrogens with zero attached hydrogens (tertiary/aromatic N) is 1. The maximum atomic E-state index is 13.3. The fourth-order valence-corrected chi connectivity index (χ4v) is 5.26. The minimum atomic E-state index is -0.553. The van der Waals surface area contributed by atoms with E-state index in [0.717, 1.165) is 16.9 Å². The van der Waals surface area contributed by atoms with Gasteiger partial charge >= 0.3 is 6.09 Å². The maximum absolute atomic E-state index is 13.3. The zero-order valence-electron chi connectivity index (χ0n) is 24.7. The molecule has 0 aromatic heterocycles. The molecule has 10 heteroatoms. The molecule has 0 aliphatic carbocycles. The highest BCUT2D eigenvalue weighted by atomic mass is 16.6. The van der Waals surface area contributed by atoms with Crippen LogP contribution < -0.4 is 20.1 Å². The second-order valence-electron chi connectivity index (χ2n) is 11.4. The third kappa shape index (κ3) is 7.30. The molecule has 1 saturated heterocycles. The van der Waals surface area contributed by atoms with Crippen LogP contribution in [0.3, 0.4) is 0 Å². The molecule has 3 amide bonds. The van der Waals surface area contributed by atoms with E-state index in [2.05, 4.69) is 10.6 Å². The summed E-state index contributed by atoms with van der Waals surface area (Å²) in [7, 11) is 3.17. The molecule has 0 bridgehead atoms. The van der Waals surface area contributed by atoms with Crippen molar-refractivity contribution in [1.29, 1.82) is 0 Å². The average Bonchev–Trinajstić information content (AvgIpc) is 3.29. The summed E-state index contributed by atoms with van der Waals surface area (Å²) in [5, 5.41) is 5.63. The van der Waals surface area contributed by atoms with E-state index in [1.807, 2.05) is 58.0 Å². The van der Waals surface area contributed by atoms with Crippen LogP contribution in [-0.4, -0.2) is 81.0 Å². The van der Waals surface area contributed by atoms with Crippen molar-refractivity contribution in [1.82, 2.24) is 15.5 Å². The minimum absolute atomic E-state index is 0.129. The van der Waals surface area contributed by atoms with Crippen LogP contribution in [0, 0.1) is 0 Å². The van der Waals surface area contributed by atoms with Gasteiger partial charge in [0.05, 0.1) is 31.9 Å². The van der Waals surface area contributed by atoms with Crippen LogP contribution >= 0.6 is 0 Å². The average molecular weight is 568 g/mol. The van der Waals surface area contributed by atoms with Gasteiger partial charge in [0.1, 0.15) is 23.2 Å². The van der Waals surface area contributed by atoms with E-state index < -0.39 is 5.60 Å². The van der Waals surface area contributed by atoms with Gasteiger partial charge in [0, 0.05) is 37.2 Å². The first-order chi connectivity index (χ1) is 19.5. The number of benzene rings is 2. The van der Waals surface area contributed by atoms with Gasteiger partial charge in [-0.05, 0) is 70.4 Å². The van der Waals surface area contributed by atoms with Gasteiger partial charge in [-0.15, -0.1) is 0 Å². The van der Waals surface area contributed by atoms with Gasteiger partial charge in [-0.2, -0.15) is 0 Å². The Hall–Kier alpha value is -3.79. The van der Waals surface area contributed by atoms with Crippen molar-refractivity contribution in [3.8, 4) is 11.5 Å². The van der Waals surface area contributed by atoms with Crippen LogP contribution in [0.4, 0.5) is 4.79 Å². The van der Waals surface area contributed by atoms with Crippen LogP contribution in [0.2, 0.25) is 0 Å². The number of hydrogen-bond acceptors (Lipinski definition) is 7. The molecule has 0 radical (unpaired) electrons. The number of carbonyl (C=O) groups excluding carboxylic acids is 3. The normalized spacial score (nSPS) is 20.0. The summed E-state index contributed by atoms with van der Waals surface area (Å²) in [5.74, 6) is 0.442. The topological polar surface area (TPSA) is 115 Å². The smallest absolute Gasteiger partial charge is 0.410 e. The Bertz CT molecular complexity index is 1270. The second-order valence-corrected chi connectivity index (χ2v) is 11.4. The summed E-state index contributed by atoms with van der Waals surface area (Å²) < 4.78 is 22.9. The number of ether oxygens (including phenoxy) is 4. The second kappa shape index (κ2) is 12.8. The molecule has 2 aliphatic heterocycles. The summed E-state index contributed by atoms with van der Waals surface area (Å²) in [6.07, 6.45) is 0.632. The molecule has 2 N–H and O–H groups in total. The van der Waals surface area contributed by atoms with Gasteiger partial charge in [0.15, 0.2) is 0 Å². The quantitative estimate of drug-likeness (QED) is 0.461. The lowest BCUT2D eigenvalue weighted by atomic mass is 9.86. The highest BCUT2D eigenvalue weighted by molar-refractivity contribution is 6.02. The van der Waals surface area contributed by atoms with Crippen molar-refractivity contribution in [2.45, 2.75) is 64.3 Å². The predicted molar refractivity (Wildman–Crippen MR) is 154 cm³/mol. The van der Waals surface area contributed by atoms with Crippen LogP contribution in [-0.2, 0) is 9.47 Å². The number of rotatable bonds is 8. The summed E-state index contributed by atoms with van der Waals surface area (Å²) in [4.78, 5) is 40.1. The van der Waals surface area contributed by atoms with Crippen molar-refractivity contribution < 1.29 is 33.3 Å². The van der Waals surface area contributed by atoms with Gasteiger partial charge in [-0.3, -0.25) is 9.59 Å². The van der Waals surface area contributed by atoms with Crippen LogP contribution in [0.5, 0.6) is 11.5 Å². The largest absolute Gasteiger partial charge is 0.497 e. The van der Waals surface area contributed by atoms with Crippen molar-refractivity contribution >= 4 is 17.9 Å². The first-order valence-corrected chi connectivity index (χ1v) is 14.1. The number of fused-ring (bicyclic) bond motifs is 1. The Kier molecular flexibility index (Phi) is 9.42. The molecule has 2 aliphatic rings. The van der Waals surface area contributed by atoms with Crippen molar-refractivity contribution in [2.24, 2.45) is 0 Å².